The van der Waals surface area contributed by atoms with Crippen LogP contribution in [0.5, 0.6) is 0 Å². The van der Waals surface area contributed by atoms with Gasteiger partial charge in [0.15, 0.2) is 5.03 Å². The van der Waals surface area contributed by atoms with Crippen molar-refractivity contribution >= 4 is 17.7 Å². The normalized spacial score (nSPS) is 10.6. The minimum Gasteiger partial charge on any atom is -0.461 e. The zero-order valence-corrected chi connectivity index (χ0v) is 13.6. The fourth-order valence-corrected chi connectivity index (χ4v) is 2.90. The van der Waals surface area contributed by atoms with E-state index < -0.39 is 5.97 Å². The van der Waals surface area contributed by atoms with Crippen molar-refractivity contribution < 1.29 is 13.9 Å². The minimum atomic E-state index is -0.503. The maximum absolute atomic E-state index is 13.0. The van der Waals surface area contributed by atoms with Crippen LogP contribution in [0.3, 0.4) is 0 Å². The number of ether oxygens (including phenoxy) is 1. The third kappa shape index (κ3) is 3.62. The van der Waals surface area contributed by atoms with Crippen LogP contribution in [-0.4, -0.2) is 28.0 Å². The second-order valence-electron chi connectivity index (χ2n) is 4.83. The van der Waals surface area contributed by atoms with Crippen LogP contribution in [0.25, 0.3) is 11.1 Å². The van der Waals surface area contributed by atoms with E-state index >= 15 is 0 Å². The van der Waals surface area contributed by atoms with Gasteiger partial charge in [-0.15, -0.1) is 10.2 Å². The van der Waals surface area contributed by atoms with Crippen molar-refractivity contribution in [2.45, 2.75) is 16.8 Å². The summed E-state index contributed by atoms with van der Waals surface area (Å²) in [7, 11) is 0. The molecule has 0 aliphatic carbocycles. The standard InChI is InChI=1S/C17H14FN3O2S/c1-2-23-17(22)15-16(20-21-19-15)24-14-9-5-12(6-10-14)11-3-7-13(18)8-4-11/h3-10H,2H2,1H3,(H,19,20,21). The maximum Gasteiger partial charge on any atom is 0.361 e. The van der Waals surface area contributed by atoms with E-state index in [0.717, 1.165) is 16.0 Å². The summed E-state index contributed by atoms with van der Waals surface area (Å²) < 4.78 is 17.9. The Hall–Kier alpha value is -2.67. The van der Waals surface area contributed by atoms with Crippen molar-refractivity contribution in [1.29, 1.82) is 0 Å². The summed E-state index contributed by atoms with van der Waals surface area (Å²) in [5.41, 5.74) is 2.08. The molecule has 5 nitrogen and oxygen atoms in total. The topological polar surface area (TPSA) is 67.9 Å². The SMILES string of the molecule is CCOC(=O)c1n[nH]nc1Sc1ccc(-c2ccc(F)cc2)cc1. The Morgan fingerprint density at radius 1 is 1.08 bits per heavy atom. The second-order valence-corrected chi connectivity index (χ2v) is 5.89. The van der Waals surface area contributed by atoms with Crippen molar-refractivity contribution in [1.82, 2.24) is 15.4 Å². The third-order valence-electron chi connectivity index (χ3n) is 3.23. The molecule has 0 aliphatic heterocycles. The molecule has 0 saturated carbocycles. The molecule has 0 fully saturated rings. The first-order valence-electron chi connectivity index (χ1n) is 7.29. The Balaban J connectivity index is 1.76. The number of H-pyrrole nitrogens is 1. The van der Waals surface area contributed by atoms with Gasteiger partial charge in [-0.1, -0.05) is 36.0 Å². The summed E-state index contributed by atoms with van der Waals surface area (Å²) in [6.07, 6.45) is 0. The summed E-state index contributed by atoms with van der Waals surface area (Å²) in [4.78, 5) is 12.7. The number of carbonyl (C=O) groups excluding carboxylic acids is 1. The van der Waals surface area contributed by atoms with Crippen molar-refractivity contribution in [2.75, 3.05) is 6.61 Å². The smallest absolute Gasteiger partial charge is 0.361 e. The first-order valence-corrected chi connectivity index (χ1v) is 8.10. The lowest BCUT2D eigenvalue weighted by atomic mass is 10.1. The summed E-state index contributed by atoms with van der Waals surface area (Å²) in [5, 5.41) is 10.7. The largest absolute Gasteiger partial charge is 0.461 e. The van der Waals surface area contributed by atoms with Gasteiger partial charge in [-0.3, -0.25) is 0 Å². The van der Waals surface area contributed by atoms with Crippen LogP contribution < -0.4 is 0 Å². The van der Waals surface area contributed by atoms with Gasteiger partial charge in [-0.2, -0.15) is 5.21 Å². The average Bonchev–Trinajstić information content (AvgIpc) is 3.05. The van der Waals surface area contributed by atoms with Crippen LogP contribution in [-0.2, 0) is 4.74 Å². The highest BCUT2D eigenvalue weighted by atomic mass is 32.2. The number of aromatic amines is 1. The van der Waals surface area contributed by atoms with Crippen LogP contribution in [0, 0.1) is 5.82 Å². The van der Waals surface area contributed by atoms with Crippen LogP contribution in [0.15, 0.2) is 58.5 Å². The zero-order chi connectivity index (χ0) is 16.9. The molecule has 0 spiro atoms. The number of nitrogens with one attached hydrogen (secondary N) is 1. The number of hydrogen-bond donors (Lipinski definition) is 1. The molecule has 0 saturated heterocycles. The van der Waals surface area contributed by atoms with E-state index in [0.29, 0.717) is 5.03 Å². The molecular weight excluding hydrogens is 329 g/mol. The van der Waals surface area contributed by atoms with Crippen LogP contribution in [0.1, 0.15) is 17.4 Å². The van der Waals surface area contributed by atoms with Gasteiger partial charge < -0.3 is 4.74 Å². The molecule has 3 rings (SSSR count). The Morgan fingerprint density at radius 3 is 2.33 bits per heavy atom. The van der Waals surface area contributed by atoms with Crippen molar-refractivity contribution in [3.63, 3.8) is 0 Å². The Kier molecular flexibility index (Phi) is 4.90. The molecule has 2 aromatic carbocycles. The molecule has 0 bridgehead atoms. The van der Waals surface area contributed by atoms with E-state index in [4.69, 9.17) is 4.74 Å². The summed E-state index contributed by atoms with van der Waals surface area (Å²) in [6, 6.07) is 14.0. The third-order valence-corrected chi connectivity index (χ3v) is 4.22. The molecule has 0 radical (unpaired) electrons. The van der Waals surface area contributed by atoms with Gasteiger partial charge in [0.2, 0.25) is 5.69 Å². The van der Waals surface area contributed by atoms with E-state index in [2.05, 4.69) is 15.4 Å². The van der Waals surface area contributed by atoms with Gasteiger partial charge in [0.1, 0.15) is 5.82 Å². The van der Waals surface area contributed by atoms with Gasteiger partial charge >= 0.3 is 5.97 Å². The first kappa shape index (κ1) is 16.2. The molecule has 0 unspecified atom stereocenters. The molecule has 0 atom stereocenters. The quantitative estimate of drug-likeness (QED) is 0.711. The number of carbonyl (C=O) groups is 1. The molecule has 24 heavy (non-hydrogen) atoms. The number of rotatable bonds is 5. The van der Waals surface area contributed by atoms with Crippen molar-refractivity contribution in [3.8, 4) is 11.1 Å². The zero-order valence-electron chi connectivity index (χ0n) is 12.8. The fourth-order valence-electron chi connectivity index (χ4n) is 2.09. The predicted octanol–water partition coefficient (Wildman–Crippen LogP) is 3.94. The lowest BCUT2D eigenvalue weighted by Crippen LogP contribution is -2.06. The first-order chi connectivity index (χ1) is 11.7. The lowest BCUT2D eigenvalue weighted by molar-refractivity contribution is 0.0515. The number of halogens is 1. The van der Waals surface area contributed by atoms with Gasteiger partial charge in [0.25, 0.3) is 0 Å². The molecule has 1 aromatic heterocycles. The second kappa shape index (κ2) is 7.27. The molecular formula is C17H14FN3O2S. The molecule has 0 aliphatic rings. The molecule has 7 heteroatoms. The van der Waals surface area contributed by atoms with Crippen molar-refractivity contribution in [3.05, 3.63) is 60.0 Å². The molecule has 3 aromatic rings. The van der Waals surface area contributed by atoms with E-state index in [9.17, 15) is 9.18 Å². The highest BCUT2D eigenvalue weighted by Gasteiger charge is 2.18. The van der Waals surface area contributed by atoms with Crippen LogP contribution >= 0.6 is 11.8 Å². The van der Waals surface area contributed by atoms with E-state index in [1.54, 1.807) is 19.1 Å². The van der Waals surface area contributed by atoms with E-state index in [-0.39, 0.29) is 18.1 Å². The molecule has 1 heterocycles. The fraction of sp³-hybridized carbons (Fsp3) is 0.118. The minimum absolute atomic E-state index is 0.171. The Labute approximate surface area is 142 Å². The van der Waals surface area contributed by atoms with Gasteiger partial charge in [-0.25, -0.2) is 9.18 Å². The van der Waals surface area contributed by atoms with Gasteiger partial charge in [0.05, 0.1) is 6.61 Å². The molecule has 0 amide bonds. The average molecular weight is 343 g/mol. The molecule has 122 valence electrons. The van der Waals surface area contributed by atoms with Gasteiger partial charge in [0, 0.05) is 4.90 Å². The number of nitrogens with zero attached hydrogens (tertiary/aromatic N) is 2. The highest BCUT2D eigenvalue weighted by Crippen LogP contribution is 2.30. The molecule has 1 N–H and O–H groups in total. The lowest BCUT2D eigenvalue weighted by Gasteiger charge is -2.04. The Bertz CT molecular complexity index is 832. The predicted molar refractivity (Wildman–Crippen MR) is 88.3 cm³/mol. The Morgan fingerprint density at radius 2 is 1.71 bits per heavy atom. The number of esters is 1. The monoisotopic (exact) mass is 343 g/mol. The summed E-state index contributed by atoms with van der Waals surface area (Å²) in [5.74, 6) is -0.764. The maximum atomic E-state index is 13.0. The summed E-state index contributed by atoms with van der Waals surface area (Å²) in [6.45, 7) is 2.02. The van der Waals surface area contributed by atoms with Crippen LogP contribution in [0.2, 0.25) is 0 Å². The van der Waals surface area contributed by atoms with E-state index in [1.165, 1.54) is 23.9 Å². The van der Waals surface area contributed by atoms with Gasteiger partial charge in [-0.05, 0) is 42.3 Å². The summed E-state index contributed by atoms with van der Waals surface area (Å²) >= 11 is 1.32. The number of hydrogen-bond acceptors (Lipinski definition) is 5. The van der Waals surface area contributed by atoms with Crippen molar-refractivity contribution in [2.24, 2.45) is 0 Å². The number of aromatic nitrogens is 3. The van der Waals surface area contributed by atoms with Crippen LogP contribution in [0.4, 0.5) is 4.39 Å². The number of benzene rings is 2. The van der Waals surface area contributed by atoms with E-state index in [1.807, 2.05) is 24.3 Å². The highest BCUT2D eigenvalue weighted by molar-refractivity contribution is 7.99.